The summed E-state index contributed by atoms with van der Waals surface area (Å²) >= 11 is 0. The number of amides is 2. The lowest BCUT2D eigenvalue weighted by atomic mass is 10.2. The normalized spacial score (nSPS) is 11.1. The molecule has 1 aromatic carbocycles. The first kappa shape index (κ1) is 19.2. The second-order valence-electron chi connectivity index (χ2n) is 4.83. The fraction of sp³-hybridized carbons (Fsp3) is 0.533. The summed E-state index contributed by atoms with van der Waals surface area (Å²) in [5, 5.41) is 2.74. The zero-order valence-corrected chi connectivity index (χ0v) is 14.6. The Kier molecular flexibility index (Phi) is 7.84. The summed E-state index contributed by atoms with van der Waals surface area (Å²) in [6.45, 7) is 5.06. The van der Waals surface area contributed by atoms with E-state index in [0.717, 1.165) is 5.56 Å². The van der Waals surface area contributed by atoms with E-state index < -0.39 is 10.1 Å². The maximum atomic E-state index is 12.0. The van der Waals surface area contributed by atoms with Gasteiger partial charge in [-0.2, -0.15) is 8.42 Å². The number of rotatable bonds is 9. The molecule has 0 bridgehead atoms. The van der Waals surface area contributed by atoms with Gasteiger partial charge in [-0.3, -0.25) is 0 Å². The third kappa shape index (κ3) is 6.87. The highest BCUT2D eigenvalue weighted by Gasteiger charge is 2.14. The van der Waals surface area contributed by atoms with Crippen LogP contribution < -0.4 is 9.50 Å². The van der Waals surface area contributed by atoms with E-state index >= 15 is 0 Å². The minimum absolute atomic E-state index is 0.101. The first-order valence-corrected chi connectivity index (χ1v) is 9.02. The van der Waals surface area contributed by atoms with Gasteiger partial charge in [0.1, 0.15) is 5.75 Å². The van der Waals surface area contributed by atoms with E-state index in [1.807, 2.05) is 13.0 Å². The average molecular weight is 344 g/mol. The van der Waals surface area contributed by atoms with E-state index in [0.29, 0.717) is 26.2 Å². The predicted octanol–water partition coefficient (Wildman–Crippen LogP) is 1.59. The molecule has 23 heavy (non-hydrogen) atoms. The Hall–Kier alpha value is -1.80. The van der Waals surface area contributed by atoms with Gasteiger partial charge in [-0.1, -0.05) is 12.1 Å². The Morgan fingerprint density at radius 3 is 2.65 bits per heavy atom. The fourth-order valence-corrected chi connectivity index (χ4v) is 2.35. The molecular formula is C15H24N2O5S. The Labute approximate surface area is 137 Å². The number of ether oxygens (including phenoxy) is 1. The van der Waals surface area contributed by atoms with Crippen molar-refractivity contribution in [3.8, 4) is 5.75 Å². The van der Waals surface area contributed by atoms with Gasteiger partial charge in [0.15, 0.2) is 0 Å². The van der Waals surface area contributed by atoms with Crippen LogP contribution in [0.1, 0.15) is 19.4 Å². The molecule has 0 aliphatic heterocycles. The Balaban J connectivity index is 2.85. The molecule has 8 heteroatoms. The molecule has 1 N–H and O–H groups in total. The lowest BCUT2D eigenvalue weighted by Gasteiger charge is -2.22. The molecular weight excluding hydrogens is 320 g/mol. The van der Waals surface area contributed by atoms with Crippen molar-refractivity contribution in [2.24, 2.45) is 0 Å². The summed E-state index contributed by atoms with van der Waals surface area (Å²) in [5.74, 6) is 0.141. The molecule has 0 radical (unpaired) electrons. The molecule has 7 nitrogen and oxygen atoms in total. The van der Waals surface area contributed by atoms with E-state index in [2.05, 4.69) is 5.32 Å². The predicted molar refractivity (Wildman–Crippen MR) is 87.9 cm³/mol. The average Bonchev–Trinajstić information content (AvgIpc) is 2.51. The molecule has 0 aromatic heterocycles. The van der Waals surface area contributed by atoms with Crippen molar-refractivity contribution < 1.29 is 22.1 Å². The van der Waals surface area contributed by atoms with Gasteiger partial charge in [0.25, 0.3) is 0 Å². The van der Waals surface area contributed by atoms with E-state index in [1.165, 1.54) is 6.92 Å². The van der Waals surface area contributed by atoms with Crippen molar-refractivity contribution >= 4 is 16.1 Å². The van der Waals surface area contributed by atoms with Crippen molar-refractivity contribution in [3.05, 3.63) is 29.8 Å². The summed E-state index contributed by atoms with van der Waals surface area (Å²) in [7, 11) is -2.00. The number of hydrogen-bond acceptors (Lipinski definition) is 5. The highest BCUT2D eigenvalue weighted by Crippen LogP contribution is 2.17. The maximum absolute atomic E-state index is 12.0. The highest BCUT2D eigenvalue weighted by atomic mass is 32.2. The second kappa shape index (κ2) is 9.36. The first-order valence-electron chi connectivity index (χ1n) is 7.44. The molecule has 0 spiro atoms. The quantitative estimate of drug-likeness (QED) is 0.688. The van der Waals surface area contributed by atoms with Crippen molar-refractivity contribution in [3.63, 3.8) is 0 Å². The minimum atomic E-state index is -3.57. The molecule has 2 amide bonds. The van der Waals surface area contributed by atoms with E-state index in [4.69, 9.17) is 8.92 Å². The number of hydrogen-bond donors (Lipinski definition) is 1. The van der Waals surface area contributed by atoms with E-state index in [1.54, 1.807) is 30.2 Å². The van der Waals surface area contributed by atoms with Crippen LogP contribution in [0.5, 0.6) is 5.75 Å². The number of nitrogens with one attached hydrogen (secondary N) is 1. The lowest BCUT2D eigenvalue weighted by molar-refractivity contribution is 0.146. The van der Waals surface area contributed by atoms with Crippen LogP contribution >= 0.6 is 0 Å². The fourth-order valence-electron chi connectivity index (χ4n) is 1.84. The van der Waals surface area contributed by atoms with E-state index in [-0.39, 0.29) is 17.5 Å². The number of benzene rings is 1. The largest absolute Gasteiger partial charge is 0.383 e. The van der Waals surface area contributed by atoms with Crippen LogP contribution in [0.4, 0.5) is 4.79 Å². The second-order valence-corrected chi connectivity index (χ2v) is 6.69. The summed E-state index contributed by atoms with van der Waals surface area (Å²) in [6, 6.07) is 6.50. The number of carbonyl (C=O) groups is 1. The van der Waals surface area contributed by atoms with Gasteiger partial charge >= 0.3 is 16.1 Å². The molecule has 0 saturated carbocycles. The molecule has 1 rings (SSSR count). The van der Waals surface area contributed by atoms with Gasteiger partial charge < -0.3 is 19.1 Å². The molecule has 0 aliphatic carbocycles. The van der Waals surface area contributed by atoms with Crippen molar-refractivity contribution in [2.75, 3.05) is 32.6 Å². The monoisotopic (exact) mass is 344 g/mol. The highest BCUT2D eigenvalue weighted by molar-refractivity contribution is 7.87. The van der Waals surface area contributed by atoms with Gasteiger partial charge in [-0.25, -0.2) is 4.79 Å². The first-order chi connectivity index (χ1) is 10.9. The molecule has 0 aliphatic rings. The standard InChI is InChI=1S/C15H24N2O5S/c1-4-16-15(18)17(9-10-21-3)12-13-7-6-8-14(11-13)22-23(19,20)5-2/h6-8,11H,4-5,9-10,12H2,1-3H3,(H,16,18). The maximum Gasteiger partial charge on any atom is 0.317 e. The number of nitrogens with zero attached hydrogens (tertiary/aromatic N) is 1. The van der Waals surface area contributed by atoms with Crippen LogP contribution in [-0.4, -0.2) is 51.9 Å². The Morgan fingerprint density at radius 2 is 2.04 bits per heavy atom. The zero-order valence-electron chi connectivity index (χ0n) is 13.7. The molecule has 0 saturated heterocycles. The molecule has 0 fully saturated rings. The number of carbonyl (C=O) groups excluding carboxylic acids is 1. The number of methoxy groups -OCH3 is 1. The molecule has 130 valence electrons. The van der Waals surface area contributed by atoms with Crippen LogP contribution in [0.2, 0.25) is 0 Å². The van der Waals surface area contributed by atoms with E-state index in [9.17, 15) is 13.2 Å². The van der Waals surface area contributed by atoms with Gasteiger partial charge in [0, 0.05) is 26.7 Å². The van der Waals surface area contributed by atoms with Crippen LogP contribution in [0.15, 0.2) is 24.3 Å². The molecule has 0 unspecified atom stereocenters. The summed E-state index contributed by atoms with van der Waals surface area (Å²) in [4.78, 5) is 13.6. The summed E-state index contributed by atoms with van der Waals surface area (Å²) < 4.78 is 33.1. The summed E-state index contributed by atoms with van der Waals surface area (Å²) in [5.41, 5.74) is 0.774. The van der Waals surface area contributed by atoms with Gasteiger partial charge in [0.2, 0.25) is 0 Å². The van der Waals surface area contributed by atoms with Gasteiger partial charge in [0.05, 0.1) is 12.4 Å². The van der Waals surface area contributed by atoms with Crippen molar-refractivity contribution in [1.82, 2.24) is 10.2 Å². The SMILES string of the molecule is CCNC(=O)N(CCOC)Cc1cccc(OS(=O)(=O)CC)c1. The lowest BCUT2D eigenvalue weighted by Crippen LogP contribution is -2.41. The zero-order chi connectivity index (χ0) is 17.3. The molecule has 0 atom stereocenters. The molecule has 0 heterocycles. The van der Waals surface area contributed by atoms with Crippen molar-refractivity contribution in [1.29, 1.82) is 0 Å². The number of urea groups is 1. The van der Waals surface area contributed by atoms with Gasteiger partial charge in [-0.15, -0.1) is 0 Å². The smallest absolute Gasteiger partial charge is 0.317 e. The summed E-state index contributed by atoms with van der Waals surface area (Å²) in [6.07, 6.45) is 0. The Bertz CT molecular complexity index is 604. The third-order valence-electron chi connectivity index (χ3n) is 3.03. The topological polar surface area (TPSA) is 84.9 Å². The van der Waals surface area contributed by atoms with Crippen LogP contribution in [-0.2, 0) is 21.4 Å². The molecule has 1 aromatic rings. The van der Waals surface area contributed by atoms with Crippen molar-refractivity contribution in [2.45, 2.75) is 20.4 Å². The van der Waals surface area contributed by atoms with Crippen LogP contribution in [0.25, 0.3) is 0 Å². The Morgan fingerprint density at radius 1 is 1.30 bits per heavy atom. The van der Waals surface area contributed by atoms with Gasteiger partial charge in [-0.05, 0) is 31.5 Å². The van der Waals surface area contributed by atoms with Crippen LogP contribution in [0.3, 0.4) is 0 Å². The van der Waals surface area contributed by atoms with Crippen LogP contribution in [0, 0.1) is 0 Å². The minimum Gasteiger partial charge on any atom is -0.383 e. The third-order valence-corrected chi connectivity index (χ3v) is 4.18.